The molecule has 0 unspecified atom stereocenters. The van der Waals surface area contributed by atoms with Crippen LogP contribution in [-0.4, -0.2) is 18.8 Å². The Morgan fingerprint density at radius 3 is 2.32 bits per heavy atom. The monoisotopic (exact) mass is 277 g/mol. The minimum atomic E-state index is -1.06. The predicted octanol–water partition coefficient (Wildman–Crippen LogP) is 3.04. The van der Waals surface area contributed by atoms with Crippen molar-refractivity contribution in [3.05, 3.63) is 67.0 Å². The summed E-state index contributed by atoms with van der Waals surface area (Å²) >= 11 is 0. The molecule has 0 N–H and O–H groups in total. The molecule has 2 aromatic carbocycles. The van der Waals surface area contributed by atoms with Gasteiger partial charge in [-0.1, -0.05) is 53.9 Å². The predicted molar refractivity (Wildman–Crippen MR) is 83.5 cm³/mol. The standard InChI is InChI=1S/C16H13OSi2/c1-3-19(4-2)17-18-15-11-7-10-14-12-8-5-6-9-13(12)16(14)15/h3-11H,1-2H2. The highest BCUT2D eigenvalue weighted by Crippen LogP contribution is 2.45. The van der Waals surface area contributed by atoms with Crippen LogP contribution in [0.2, 0.25) is 0 Å². The minimum Gasteiger partial charge on any atom is -0.446 e. The largest absolute Gasteiger partial charge is 0.446 e. The van der Waals surface area contributed by atoms with Gasteiger partial charge < -0.3 is 4.12 Å². The number of hydrogen-bond acceptors (Lipinski definition) is 1. The van der Waals surface area contributed by atoms with Crippen molar-refractivity contribution in [2.75, 3.05) is 0 Å². The molecule has 3 radical (unpaired) electrons. The van der Waals surface area contributed by atoms with Crippen LogP contribution >= 0.6 is 0 Å². The molecule has 0 aromatic heterocycles. The Kier molecular flexibility index (Phi) is 3.33. The Hall–Kier alpha value is -1.69. The van der Waals surface area contributed by atoms with Crippen molar-refractivity contribution in [3.63, 3.8) is 0 Å². The molecule has 19 heavy (non-hydrogen) atoms. The molecule has 0 spiro atoms. The van der Waals surface area contributed by atoms with Gasteiger partial charge in [0, 0.05) is 0 Å². The Morgan fingerprint density at radius 1 is 0.895 bits per heavy atom. The average molecular weight is 277 g/mol. The fourth-order valence-electron chi connectivity index (χ4n) is 2.31. The zero-order valence-corrected chi connectivity index (χ0v) is 12.5. The Bertz CT molecular complexity index is 641. The second-order valence-electron chi connectivity index (χ2n) is 4.29. The summed E-state index contributed by atoms with van der Waals surface area (Å²) in [4.78, 5) is 0. The van der Waals surface area contributed by atoms with E-state index >= 15 is 0 Å². The van der Waals surface area contributed by atoms with Crippen LogP contribution in [-0.2, 0) is 4.12 Å². The summed E-state index contributed by atoms with van der Waals surface area (Å²) in [5, 5.41) is 1.28. The van der Waals surface area contributed by atoms with Gasteiger partial charge in [0.2, 0.25) is 0 Å². The van der Waals surface area contributed by atoms with Crippen molar-refractivity contribution >= 4 is 24.0 Å². The molecule has 3 heteroatoms. The molecule has 1 aliphatic rings. The van der Waals surface area contributed by atoms with E-state index in [1.807, 2.05) is 11.4 Å². The molecular weight excluding hydrogens is 264 g/mol. The van der Waals surface area contributed by atoms with Crippen molar-refractivity contribution in [2.45, 2.75) is 0 Å². The Balaban J connectivity index is 1.88. The quantitative estimate of drug-likeness (QED) is 0.651. The van der Waals surface area contributed by atoms with Crippen molar-refractivity contribution in [3.8, 4) is 22.3 Å². The molecule has 0 saturated carbocycles. The minimum absolute atomic E-state index is 0.360. The highest BCUT2D eigenvalue weighted by molar-refractivity contribution is 6.70. The molecule has 0 saturated heterocycles. The first-order valence-electron chi connectivity index (χ1n) is 6.12. The first-order valence-corrected chi connectivity index (χ1v) is 8.59. The summed E-state index contributed by atoms with van der Waals surface area (Å²) in [6.07, 6.45) is 0. The third-order valence-corrected chi connectivity index (χ3v) is 6.02. The molecule has 91 valence electrons. The molecule has 3 rings (SSSR count). The summed E-state index contributed by atoms with van der Waals surface area (Å²) < 4.78 is 5.90. The van der Waals surface area contributed by atoms with E-state index in [9.17, 15) is 0 Å². The van der Waals surface area contributed by atoms with Crippen LogP contribution in [0.3, 0.4) is 0 Å². The third kappa shape index (κ3) is 2.06. The number of hydrogen-bond donors (Lipinski definition) is 0. The maximum Gasteiger partial charge on any atom is 0.257 e. The second-order valence-corrected chi connectivity index (χ2v) is 7.47. The van der Waals surface area contributed by atoms with Crippen molar-refractivity contribution in [1.29, 1.82) is 0 Å². The first-order chi connectivity index (χ1) is 9.35. The van der Waals surface area contributed by atoms with Gasteiger partial charge in [-0.15, -0.1) is 13.2 Å². The molecule has 1 nitrogen and oxygen atoms in total. The highest BCUT2D eigenvalue weighted by atomic mass is 28.3. The fourth-order valence-corrected chi connectivity index (χ4v) is 4.59. The lowest BCUT2D eigenvalue weighted by Gasteiger charge is -2.26. The van der Waals surface area contributed by atoms with Gasteiger partial charge in [0.05, 0.1) is 0 Å². The average Bonchev–Trinajstić information content (AvgIpc) is 2.45. The summed E-state index contributed by atoms with van der Waals surface area (Å²) in [6.45, 7) is 7.58. The smallest absolute Gasteiger partial charge is 0.257 e. The molecular formula is C16H13OSi2. The lowest BCUT2D eigenvalue weighted by Crippen LogP contribution is -2.28. The topological polar surface area (TPSA) is 9.23 Å². The van der Waals surface area contributed by atoms with Crippen LogP contribution in [0.5, 0.6) is 0 Å². The van der Waals surface area contributed by atoms with Crippen molar-refractivity contribution in [1.82, 2.24) is 0 Å². The van der Waals surface area contributed by atoms with Gasteiger partial charge >= 0.3 is 0 Å². The van der Waals surface area contributed by atoms with Crippen molar-refractivity contribution < 1.29 is 4.12 Å². The first kappa shape index (κ1) is 12.4. The van der Waals surface area contributed by atoms with Gasteiger partial charge in [-0.25, -0.2) is 0 Å². The van der Waals surface area contributed by atoms with E-state index in [0.29, 0.717) is 9.76 Å². The van der Waals surface area contributed by atoms with Gasteiger partial charge in [-0.05, 0) is 27.4 Å². The molecule has 0 atom stereocenters. The van der Waals surface area contributed by atoms with E-state index in [1.54, 1.807) is 0 Å². The maximum absolute atomic E-state index is 5.90. The van der Waals surface area contributed by atoms with Crippen LogP contribution in [0.1, 0.15) is 0 Å². The molecule has 0 bridgehead atoms. The zero-order chi connectivity index (χ0) is 13.2. The molecule has 0 heterocycles. The molecule has 0 amide bonds. The molecule has 0 fully saturated rings. The number of benzene rings is 2. The maximum atomic E-state index is 5.90. The van der Waals surface area contributed by atoms with Gasteiger partial charge in [0.15, 0.2) is 0 Å². The normalized spacial score (nSPS) is 11.4. The highest BCUT2D eigenvalue weighted by Gasteiger charge is 2.24. The van der Waals surface area contributed by atoms with Gasteiger partial charge in [-0.2, -0.15) is 0 Å². The lowest BCUT2D eigenvalue weighted by molar-refractivity contribution is 0.646. The molecule has 2 aromatic rings. The number of fused-ring (bicyclic) bond motifs is 4. The molecule has 1 aliphatic carbocycles. The Morgan fingerprint density at radius 2 is 1.58 bits per heavy atom. The van der Waals surface area contributed by atoms with E-state index in [-0.39, 0.29) is 0 Å². The summed E-state index contributed by atoms with van der Waals surface area (Å²) in [6, 6.07) is 15.0. The third-order valence-electron chi connectivity index (χ3n) is 3.23. The van der Waals surface area contributed by atoms with E-state index in [1.165, 1.54) is 27.4 Å². The lowest BCUT2D eigenvalue weighted by atomic mass is 9.81. The van der Waals surface area contributed by atoms with Crippen molar-refractivity contribution in [2.24, 2.45) is 0 Å². The number of rotatable bonds is 5. The van der Waals surface area contributed by atoms with Crippen LogP contribution in [0, 0.1) is 0 Å². The summed E-state index contributed by atoms with van der Waals surface area (Å²) in [5.41, 5.74) is 9.13. The van der Waals surface area contributed by atoms with Gasteiger partial charge in [0.25, 0.3) is 18.8 Å². The second kappa shape index (κ2) is 5.13. The van der Waals surface area contributed by atoms with Crippen LogP contribution in [0.25, 0.3) is 22.3 Å². The zero-order valence-electron chi connectivity index (χ0n) is 10.5. The van der Waals surface area contributed by atoms with Gasteiger partial charge in [0.1, 0.15) is 0 Å². The van der Waals surface area contributed by atoms with E-state index < -0.39 is 9.04 Å². The van der Waals surface area contributed by atoms with Crippen LogP contribution < -0.4 is 5.19 Å². The SMILES string of the molecule is C=C[Si](C=C)O[Si]c1cccc2c1-c1ccccc1-2. The van der Waals surface area contributed by atoms with E-state index in [0.717, 1.165) is 0 Å². The van der Waals surface area contributed by atoms with E-state index in [4.69, 9.17) is 4.12 Å². The summed E-state index contributed by atoms with van der Waals surface area (Å²) in [5.74, 6) is 0. The summed E-state index contributed by atoms with van der Waals surface area (Å²) in [7, 11) is -0.703. The molecule has 0 aliphatic heterocycles. The van der Waals surface area contributed by atoms with Crippen LogP contribution in [0.15, 0.2) is 67.0 Å². The van der Waals surface area contributed by atoms with Crippen LogP contribution in [0.4, 0.5) is 0 Å². The fraction of sp³-hybridized carbons (Fsp3) is 0. The van der Waals surface area contributed by atoms with Gasteiger partial charge in [-0.3, -0.25) is 0 Å². The Labute approximate surface area is 117 Å². The van der Waals surface area contributed by atoms with E-state index in [2.05, 4.69) is 55.6 Å².